The van der Waals surface area contributed by atoms with Crippen LogP contribution in [0.25, 0.3) is 5.57 Å². The number of carboxylic acid groups (broad SMARTS) is 1. The molecule has 0 aromatic heterocycles. The van der Waals surface area contributed by atoms with Crippen molar-refractivity contribution >= 4 is 11.5 Å². The van der Waals surface area contributed by atoms with Gasteiger partial charge in [-0.3, -0.25) is 0 Å². The Balaban J connectivity index is 3.31. The number of aliphatic carboxylic acids is 1. The number of hydrogen-bond acceptors (Lipinski definition) is 3. The highest BCUT2D eigenvalue weighted by Crippen LogP contribution is 2.36. The third-order valence-electron chi connectivity index (χ3n) is 2.59. The van der Waals surface area contributed by atoms with Gasteiger partial charge in [0.05, 0.1) is 13.2 Å². The van der Waals surface area contributed by atoms with Crippen LogP contribution < -0.4 is 9.47 Å². The van der Waals surface area contributed by atoms with Gasteiger partial charge in [0.2, 0.25) is 0 Å². The van der Waals surface area contributed by atoms with E-state index in [4.69, 9.17) is 14.6 Å². The van der Waals surface area contributed by atoms with Gasteiger partial charge < -0.3 is 14.6 Å². The van der Waals surface area contributed by atoms with E-state index in [9.17, 15) is 4.79 Å². The normalized spacial score (nSPS) is 11.2. The number of rotatable bonds is 7. The molecule has 0 saturated heterocycles. The lowest BCUT2D eigenvalue weighted by Crippen LogP contribution is -2.02. The van der Waals surface area contributed by atoms with Crippen molar-refractivity contribution in [3.8, 4) is 11.5 Å². The molecule has 0 radical (unpaired) electrons. The summed E-state index contributed by atoms with van der Waals surface area (Å²) in [6.07, 6.45) is 1.83. The first-order chi connectivity index (χ1) is 9.13. The van der Waals surface area contributed by atoms with E-state index in [1.807, 2.05) is 39.0 Å². The number of para-hydroxylation sites is 1. The fourth-order valence-corrected chi connectivity index (χ4v) is 1.85. The SMILES string of the molecule is CCOc1cccc(/C(=C/C(=O)O)CC)c1OCC. The van der Waals surface area contributed by atoms with E-state index in [1.165, 1.54) is 6.08 Å². The Labute approximate surface area is 113 Å². The van der Waals surface area contributed by atoms with E-state index >= 15 is 0 Å². The molecule has 0 bridgehead atoms. The Bertz CT molecular complexity index is 463. The number of allylic oxidation sites excluding steroid dienone is 1. The summed E-state index contributed by atoms with van der Waals surface area (Å²) in [6.45, 7) is 6.74. The van der Waals surface area contributed by atoms with Gasteiger partial charge in [-0.1, -0.05) is 19.1 Å². The van der Waals surface area contributed by atoms with Crippen LogP contribution in [-0.2, 0) is 4.79 Å². The molecule has 0 saturated carbocycles. The summed E-state index contributed by atoms with van der Waals surface area (Å²) >= 11 is 0. The van der Waals surface area contributed by atoms with Gasteiger partial charge in [-0.25, -0.2) is 4.79 Å². The molecule has 4 heteroatoms. The van der Waals surface area contributed by atoms with Crippen LogP contribution in [0.4, 0.5) is 0 Å². The first-order valence-corrected chi connectivity index (χ1v) is 6.46. The van der Waals surface area contributed by atoms with Crippen LogP contribution in [0.15, 0.2) is 24.3 Å². The smallest absolute Gasteiger partial charge is 0.328 e. The van der Waals surface area contributed by atoms with Gasteiger partial charge in [-0.05, 0) is 31.9 Å². The molecule has 0 aliphatic rings. The van der Waals surface area contributed by atoms with E-state index in [0.717, 1.165) is 11.1 Å². The molecule has 4 nitrogen and oxygen atoms in total. The van der Waals surface area contributed by atoms with Gasteiger partial charge in [-0.15, -0.1) is 0 Å². The molecule has 1 aromatic rings. The molecule has 0 atom stereocenters. The lowest BCUT2D eigenvalue weighted by atomic mass is 10.0. The number of ether oxygens (including phenoxy) is 2. The minimum Gasteiger partial charge on any atom is -0.490 e. The quantitative estimate of drug-likeness (QED) is 0.767. The van der Waals surface area contributed by atoms with Crippen molar-refractivity contribution in [1.29, 1.82) is 0 Å². The third-order valence-corrected chi connectivity index (χ3v) is 2.59. The molecule has 0 fully saturated rings. The molecule has 0 heterocycles. The molecule has 1 aromatic carbocycles. The van der Waals surface area contributed by atoms with Crippen LogP contribution in [0, 0.1) is 0 Å². The lowest BCUT2D eigenvalue weighted by Gasteiger charge is -2.16. The predicted octanol–water partition coefficient (Wildman–Crippen LogP) is 3.36. The highest BCUT2D eigenvalue weighted by Gasteiger charge is 2.14. The van der Waals surface area contributed by atoms with Gasteiger partial charge in [0.25, 0.3) is 0 Å². The topological polar surface area (TPSA) is 55.8 Å². The Morgan fingerprint density at radius 2 is 1.89 bits per heavy atom. The number of hydrogen-bond donors (Lipinski definition) is 1. The summed E-state index contributed by atoms with van der Waals surface area (Å²) in [5.74, 6) is 0.300. The fourth-order valence-electron chi connectivity index (χ4n) is 1.85. The Morgan fingerprint density at radius 1 is 1.21 bits per heavy atom. The van der Waals surface area contributed by atoms with Gasteiger partial charge >= 0.3 is 5.97 Å². The maximum atomic E-state index is 10.9. The first kappa shape index (κ1) is 15.1. The van der Waals surface area contributed by atoms with Crippen molar-refractivity contribution in [2.45, 2.75) is 27.2 Å². The van der Waals surface area contributed by atoms with Gasteiger partial charge in [0.1, 0.15) is 0 Å². The van der Waals surface area contributed by atoms with Crippen LogP contribution in [0.2, 0.25) is 0 Å². The van der Waals surface area contributed by atoms with Crippen LogP contribution in [-0.4, -0.2) is 24.3 Å². The van der Waals surface area contributed by atoms with Crippen molar-refractivity contribution in [3.63, 3.8) is 0 Å². The van der Waals surface area contributed by atoms with E-state index in [1.54, 1.807) is 0 Å². The zero-order chi connectivity index (χ0) is 14.3. The molecular weight excluding hydrogens is 244 g/mol. The van der Waals surface area contributed by atoms with Gasteiger partial charge in [0.15, 0.2) is 11.5 Å². The summed E-state index contributed by atoms with van der Waals surface area (Å²) in [5.41, 5.74) is 1.50. The van der Waals surface area contributed by atoms with E-state index in [0.29, 0.717) is 31.1 Å². The van der Waals surface area contributed by atoms with Crippen molar-refractivity contribution in [3.05, 3.63) is 29.8 Å². The Morgan fingerprint density at radius 3 is 2.42 bits per heavy atom. The highest BCUT2D eigenvalue weighted by molar-refractivity contribution is 5.91. The summed E-state index contributed by atoms with van der Waals surface area (Å²) in [6, 6.07) is 5.52. The molecule has 104 valence electrons. The maximum absolute atomic E-state index is 10.9. The predicted molar refractivity (Wildman–Crippen MR) is 74.7 cm³/mol. The van der Waals surface area contributed by atoms with E-state index in [2.05, 4.69) is 0 Å². The van der Waals surface area contributed by atoms with Crippen molar-refractivity contribution in [1.82, 2.24) is 0 Å². The van der Waals surface area contributed by atoms with E-state index in [-0.39, 0.29) is 0 Å². The fraction of sp³-hybridized carbons (Fsp3) is 0.400. The number of benzene rings is 1. The minimum atomic E-state index is -0.957. The number of carbonyl (C=O) groups is 1. The largest absolute Gasteiger partial charge is 0.490 e. The molecular formula is C15H20O4. The average Bonchev–Trinajstić information content (AvgIpc) is 2.38. The summed E-state index contributed by atoms with van der Waals surface area (Å²) in [7, 11) is 0. The zero-order valence-electron chi connectivity index (χ0n) is 11.6. The summed E-state index contributed by atoms with van der Waals surface area (Å²) in [4.78, 5) is 10.9. The molecule has 0 spiro atoms. The van der Waals surface area contributed by atoms with Crippen LogP contribution >= 0.6 is 0 Å². The highest BCUT2D eigenvalue weighted by atomic mass is 16.5. The molecule has 0 amide bonds. The standard InChI is InChI=1S/C15H20O4/c1-4-11(10-14(16)17)12-8-7-9-13(18-5-2)15(12)19-6-3/h7-10H,4-6H2,1-3H3,(H,16,17)/b11-10+. The number of carboxylic acids is 1. The maximum Gasteiger partial charge on any atom is 0.328 e. The Kier molecular flexibility index (Phi) is 5.93. The van der Waals surface area contributed by atoms with Crippen molar-refractivity contribution in [2.24, 2.45) is 0 Å². The van der Waals surface area contributed by atoms with Crippen LogP contribution in [0.3, 0.4) is 0 Å². The molecule has 1 N–H and O–H groups in total. The van der Waals surface area contributed by atoms with Gasteiger partial charge in [0, 0.05) is 11.6 Å². The van der Waals surface area contributed by atoms with Crippen molar-refractivity contribution < 1.29 is 19.4 Å². The molecule has 0 aliphatic carbocycles. The zero-order valence-corrected chi connectivity index (χ0v) is 11.6. The second-order valence-corrected chi connectivity index (χ2v) is 3.86. The Hall–Kier alpha value is -1.97. The summed E-state index contributed by atoms with van der Waals surface area (Å²) in [5, 5.41) is 8.92. The van der Waals surface area contributed by atoms with Gasteiger partial charge in [-0.2, -0.15) is 0 Å². The van der Waals surface area contributed by atoms with Crippen LogP contribution in [0.5, 0.6) is 11.5 Å². The summed E-state index contributed by atoms with van der Waals surface area (Å²) < 4.78 is 11.2. The monoisotopic (exact) mass is 264 g/mol. The molecule has 0 aliphatic heterocycles. The minimum absolute atomic E-state index is 0.501. The van der Waals surface area contributed by atoms with Crippen molar-refractivity contribution in [2.75, 3.05) is 13.2 Å². The third kappa shape index (κ3) is 4.02. The second-order valence-electron chi connectivity index (χ2n) is 3.86. The van der Waals surface area contributed by atoms with E-state index < -0.39 is 5.97 Å². The van der Waals surface area contributed by atoms with Crippen LogP contribution in [0.1, 0.15) is 32.8 Å². The molecule has 19 heavy (non-hydrogen) atoms. The average molecular weight is 264 g/mol. The second kappa shape index (κ2) is 7.46. The first-order valence-electron chi connectivity index (χ1n) is 6.46. The molecule has 0 unspecified atom stereocenters. The molecule has 1 rings (SSSR count). The lowest BCUT2D eigenvalue weighted by molar-refractivity contribution is -0.131.